The van der Waals surface area contributed by atoms with Gasteiger partial charge in [0.2, 0.25) is 0 Å². The highest BCUT2D eigenvalue weighted by molar-refractivity contribution is 9.10. The van der Waals surface area contributed by atoms with Crippen LogP contribution in [0.2, 0.25) is 5.02 Å². The molecule has 4 nitrogen and oxygen atoms in total. The Morgan fingerprint density at radius 1 is 1.37 bits per heavy atom. The predicted molar refractivity (Wildman–Crippen MR) is 75.5 cm³/mol. The number of amides is 1. The van der Waals surface area contributed by atoms with E-state index in [0.717, 1.165) is 17.3 Å². The molecule has 0 bridgehead atoms. The summed E-state index contributed by atoms with van der Waals surface area (Å²) in [6, 6.07) is 4.22. The first-order chi connectivity index (χ1) is 9.00. The van der Waals surface area contributed by atoms with E-state index in [1.54, 1.807) is 18.2 Å². The molecule has 6 heteroatoms. The minimum atomic E-state index is -0.957. The summed E-state index contributed by atoms with van der Waals surface area (Å²) in [6.45, 7) is 0.461. The summed E-state index contributed by atoms with van der Waals surface area (Å²) in [5, 5.41) is 9.51. The van der Waals surface area contributed by atoms with Gasteiger partial charge in [0, 0.05) is 11.0 Å². The number of aliphatic carboxylic acids is 1. The van der Waals surface area contributed by atoms with E-state index >= 15 is 0 Å². The number of carbonyl (C=O) groups excluding carboxylic acids is 1. The quantitative estimate of drug-likeness (QED) is 0.895. The smallest absolute Gasteiger partial charge is 0.326 e. The molecule has 1 unspecified atom stereocenters. The van der Waals surface area contributed by atoms with Crippen molar-refractivity contribution in [3.05, 3.63) is 33.3 Å². The third kappa shape index (κ3) is 3.09. The van der Waals surface area contributed by atoms with Crippen LogP contribution < -0.4 is 0 Å². The molecule has 1 aromatic carbocycles. The average molecular weight is 347 g/mol. The largest absolute Gasteiger partial charge is 0.480 e. The SMILES string of the molecule is O=C(O)C1CCCCN1C(=O)c1ccc(Br)cc1Cl. The fourth-order valence-electron chi connectivity index (χ4n) is 2.25. The highest BCUT2D eigenvalue weighted by atomic mass is 79.9. The Bertz CT molecular complexity index is 521. The van der Waals surface area contributed by atoms with Gasteiger partial charge in [0.25, 0.3) is 5.91 Å². The van der Waals surface area contributed by atoms with Gasteiger partial charge >= 0.3 is 5.97 Å². The molecule has 19 heavy (non-hydrogen) atoms. The van der Waals surface area contributed by atoms with Gasteiger partial charge in [0.1, 0.15) is 6.04 Å². The van der Waals surface area contributed by atoms with Gasteiger partial charge in [-0.3, -0.25) is 4.79 Å². The van der Waals surface area contributed by atoms with Gasteiger partial charge in [-0.15, -0.1) is 0 Å². The van der Waals surface area contributed by atoms with Crippen LogP contribution in [-0.4, -0.2) is 34.5 Å². The first-order valence-electron chi connectivity index (χ1n) is 5.99. The summed E-state index contributed by atoms with van der Waals surface area (Å²) in [4.78, 5) is 25.0. The molecule has 102 valence electrons. The van der Waals surface area contributed by atoms with Gasteiger partial charge in [0.05, 0.1) is 10.6 Å². The summed E-state index contributed by atoms with van der Waals surface area (Å²) in [5.41, 5.74) is 0.345. The van der Waals surface area contributed by atoms with Crippen molar-refractivity contribution in [1.29, 1.82) is 0 Å². The van der Waals surface area contributed by atoms with Gasteiger partial charge in [-0.25, -0.2) is 4.79 Å². The Labute approximate surface area is 124 Å². The van der Waals surface area contributed by atoms with Gasteiger partial charge in [-0.1, -0.05) is 27.5 Å². The Hall–Kier alpha value is -1.07. The minimum Gasteiger partial charge on any atom is -0.480 e. The molecule has 1 aromatic rings. The van der Waals surface area contributed by atoms with Crippen molar-refractivity contribution in [2.75, 3.05) is 6.54 Å². The number of piperidine rings is 1. The zero-order chi connectivity index (χ0) is 14.0. The standard InChI is InChI=1S/C13H13BrClNO3/c14-8-4-5-9(10(15)7-8)12(17)16-6-2-1-3-11(16)13(18)19/h4-5,7,11H,1-3,6H2,(H,18,19). The average Bonchev–Trinajstić information content (AvgIpc) is 2.38. The molecule has 2 rings (SSSR count). The molecule has 1 aliphatic rings. The normalized spacial score (nSPS) is 19.3. The molecule has 1 N–H and O–H groups in total. The maximum atomic E-state index is 12.4. The summed E-state index contributed by atoms with van der Waals surface area (Å²) in [5.74, 6) is -1.27. The maximum Gasteiger partial charge on any atom is 0.326 e. The second kappa shape index (κ2) is 5.92. The summed E-state index contributed by atoms with van der Waals surface area (Å²) < 4.78 is 0.780. The van der Waals surface area contributed by atoms with Crippen LogP contribution in [0.1, 0.15) is 29.6 Å². The van der Waals surface area contributed by atoms with E-state index in [9.17, 15) is 14.7 Å². The summed E-state index contributed by atoms with van der Waals surface area (Å²) in [7, 11) is 0. The highest BCUT2D eigenvalue weighted by Gasteiger charge is 2.33. The Morgan fingerprint density at radius 2 is 2.11 bits per heavy atom. The highest BCUT2D eigenvalue weighted by Crippen LogP contribution is 2.26. The molecule has 1 fully saturated rings. The molecule has 1 amide bonds. The van der Waals surface area contributed by atoms with Crippen molar-refractivity contribution in [2.24, 2.45) is 0 Å². The lowest BCUT2D eigenvalue weighted by atomic mass is 10.0. The Morgan fingerprint density at radius 3 is 2.74 bits per heavy atom. The second-order valence-corrected chi connectivity index (χ2v) is 5.80. The van der Waals surface area contributed by atoms with Crippen LogP contribution in [-0.2, 0) is 4.79 Å². The third-order valence-electron chi connectivity index (χ3n) is 3.21. The molecule has 0 spiro atoms. The Balaban J connectivity index is 2.28. The van der Waals surface area contributed by atoms with Crippen LogP contribution in [0.5, 0.6) is 0 Å². The van der Waals surface area contributed by atoms with Crippen LogP contribution in [0, 0.1) is 0 Å². The number of carboxylic acid groups (broad SMARTS) is 1. The summed E-state index contributed by atoms with van der Waals surface area (Å²) in [6.07, 6.45) is 2.15. The van der Waals surface area contributed by atoms with Crippen molar-refractivity contribution in [1.82, 2.24) is 4.90 Å². The van der Waals surface area contributed by atoms with Crippen molar-refractivity contribution >= 4 is 39.4 Å². The van der Waals surface area contributed by atoms with Gasteiger partial charge < -0.3 is 10.0 Å². The lowest BCUT2D eigenvalue weighted by Gasteiger charge is -2.33. The first kappa shape index (κ1) is 14.3. The van der Waals surface area contributed by atoms with Crippen molar-refractivity contribution in [3.8, 4) is 0 Å². The van der Waals surface area contributed by atoms with Crippen LogP contribution in [0.4, 0.5) is 0 Å². The van der Waals surface area contributed by atoms with E-state index in [-0.39, 0.29) is 5.91 Å². The molecule has 1 heterocycles. The van der Waals surface area contributed by atoms with Crippen LogP contribution in [0.15, 0.2) is 22.7 Å². The van der Waals surface area contributed by atoms with Gasteiger partial charge in [-0.05, 0) is 37.5 Å². The number of halogens is 2. The molecule has 1 saturated heterocycles. The van der Waals surface area contributed by atoms with E-state index in [1.165, 1.54) is 4.90 Å². The molecule has 1 atom stereocenters. The van der Waals surface area contributed by atoms with Gasteiger partial charge in [0.15, 0.2) is 0 Å². The van der Waals surface area contributed by atoms with Crippen molar-refractivity contribution < 1.29 is 14.7 Å². The Kier molecular flexibility index (Phi) is 4.47. The number of rotatable bonds is 2. The number of likely N-dealkylation sites (tertiary alicyclic amines) is 1. The molecule has 1 aliphatic heterocycles. The van der Waals surface area contributed by atoms with E-state index < -0.39 is 12.0 Å². The molecular weight excluding hydrogens is 334 g/mol. The lowest BCUT2D eigenvalue weighted by Crippen LogP contribution is -2.48. The molecule has 0 aromatic heterocycles. The zero-order valence-corrected chi connectivity index (χ0v) is 12.4. The fraction of sp³-hybridized carbons (Fsp3) is 0.385. The fourth-order valence-corrected chi connectivity index (χ4v) is 3.00. The predicted octanol–water partition coefficient (Wildman–Crippen LogP) is 3.18. The van der Waals surface area contributed by atoms with E-state index in [1.807, 2.05) is 0 Å². The van der Waals surface area contributed by atoms with E-state index in [2.05, 4.69) is 15.9 Å². The number of nitrogens with zero attached hydrogens (tertiary/aromatic N) is 1. The van der Waals surface area contributed by atoms with E-state index in [0.29, 0.717) is 23.6 Å². The van der Waals surface area contributed by atoms with Crippen LogP contribution in [0.3, 0.4) is 0 Å². The number of hydrogen-bond donors (Lipinski definition) is 1. The maximum absolute atomic E-state index is 12.4. The topological polar surface area (TPSA) is 57.6 Å². The van der Waals surface area contributed by atoms with E-state index in [4.69, 9.17) is 11.6 Å². The molecule has 0 saturated carbocycles. The number of carbonyl (C=O) groups is 2. The van der Waals surface area contributed by atoms with Crippen molar-refractivity contribution in [2.45, 2.75) is 25.3 Å². The zero-order valence-electron chi connectivity index (χ0n) is 10.1. The third-order valence-corrected chi connectivity index (χ3v) is 4.02. The number of benzene rings is 1. The summed E-state index contributed by atoms with van der Waals surface area (Å²) >= 11 is 9.32. The lowest BCUT2D eigenvalue weighted by molar-refractivity contribution is -0.143. The number of carboxylic acids is 1. The molecule has 0 aliphatic carbocycles. The minimum absolute atomic E-state index is 0.315. The van der Waals surface area contributed by atoms with Crippen LogP contribution in [0.25, 0.3) is 0 Å². The molecule has 0 radical (unpaired) electrons. The second-order valence-electron chi connectivity index (χ2n) is 4.47. The monoisotopic (exact) mass is 345 g/mol. The van der Waals surface area contributed by atoms with Gasteiger partial charge in [-0.2, -0.15) is 0 Å². The number of hydrogen-bond acceptors (Lipinski definition) is 2. The first-order valence-corrected chi connectivity index (χ1v) is 7.16. The van der Waals surface area contributed by atoms with Crippen LogP contribution >= 0.6 is 27.5 Å². The van der Waals surface area contributed by atoms with Crippen molar-refractivity contribution in [3.63, 3.8) is 0 Å². The molecular formula is C13H13BrClNO3.